The third-order valence-electron chi connectivity index (χ3n) is 3.20. The second-order valence-corrected chi connectivity index (χ2v) is 4.47. The van der Waals surface area contributed by atoms with Crippen LogP contribution in [0.3, 0.4) is 0 Å². The van der Waals surface area contributed by atoms with E-state index >= 15 is 0 Å². The maximum Gasteiger partial charge on any atom is 0.121 e. The van der Waals surface area contributed by atoms with Crippen LogP contribution in [0.15, 0.2) is 18.2 Å². The van der Waals surface area contributed by atoms with Gasteiger partial charge in [-0.15, -0.1) is 5.10 Å². The average molecular weight is 232 g/mol. The highest BCUT2D eigenvalue weighted by Gasteiger charge is 2.14. The predicted octanol–water partition coefficient (Wildman–Crippen LogP) is 1.10. The highest BCUT2D eigenvalue weighted by Crippen LogP contribution is 2.19. The zero-order valence-electron chi connectivity index (χ0n) is 9.89. The molecule has 1 unspecified atom stereocenters. The quantitative estimate of drug-likeness (QED) is 0.861. The van der Waals surface area contributed by atoms with Crippen LogP contribution in [0.4, 0.5) is 0 Å². The Labute approximate surface area is 99.8 Å². The Bertz CT molecular complexity index is 516. The van der Waals surface area contributed by atoms with Crippen molar-refractivity contribution in [2.45, 2.75) is 18.9 Å². The van der Waals surface area contributed by atoms with E-state index in [1.807, 2.05) is 25.2 Å². The molecule has 1 aliphatic rings. The van der Waals surface area contributed by atoms with Crippen LogP contribution >= 0.6 is 0 Å². The molecule has 2 aromatic rings. The summed E-state index contributed by atoms with van der Waals surface area (Å²) in [4.78, 5) is 0. The van der Waals surface area contributed by atoms with Crippen molar-refractivity contribution < 1.29 is 4.74 Å². The van der Waals surface area contributed by atoms with Crippen molar-refractivity contribution >= 4 is 11.0 Å². The van der Waals surface area contributed by atoms with Gasteiger partial charge in [-0.2, -0.15) is 0 Å². The largest absolute Gasteiger partial charge is 0.492 e. The van der Waals surface area contributed by atoms with Crippen LogP contribution in [-0.2, 0) is 7.05 Å². The molecule has 0 spiro atoms. The van der Waals surface area contributed by atoms with E-state index in [2.05, 4.69) is 15.6 Å². The van der Waals surface area contributed by atoms with Gasteiger partial charge >= 0.3 is 0 Å². The number of aromatic nitrogens is 3. The first kappa shape index (κ1) is 10.5. The van der Waals surface area contributed by atoms with Gasteiger partial charge in [0.25, 0.3) is 0 Å². The molecule has 0 saturated carbocycles. The number of benzene rings is 1. The second-order valence-electron chi connectivity index (χ2n) is 4.47. The van der Waals surface area contributed by atoms with Crippen molar-refractivity contribution in [3.63, 3.8) is 0 Å². The van der Waals surface area contributed by atoms with Crippen LogP contribution in [0, 0.1) is 0 Å². The molecule has 2 heterocycles. The number of fused-ring (bicyclic) bond motifs is 1. The molecule has 1 aromatic carbocycles. The van der Waals surface area contributed by atoms with Crippen molar-refractivity contribution in [3.05, 3.63) is 18.2 Å². The maximum absolute atomic E-state index is 5.79. The monoisotopic (exact) mass is 232 g/mol. The summed E-state index contributed by atoms with van der Waals surface area (Å²) in [5, 5.41) is 11.4. The van der Waals surface area contributed by atoms with Crippen LogP contribution in [0.1, 0.15) is 12.8 Å². The Kier molecular flexibility index (Phi) is 2.68. The van der Waals surface area contributed by atoms with Crippen molar-refractivity contribution in [1.82, 2.24) is 20.3 Å². The van der Waals surface area contributed by atoms with E-state index in [0.717, 1.165) is 29.9 Å². The van der Waals surface area contributed by atoms with Crippen molar-refractivity contribution in [2.24, 2.45) is 7.05 Å². The van der Waals surface area contributed by atoms with E-state index in [1.54, 1.807) is 4.68 Å². The van der Waals surface area contributed by atoms with E-state index < -0.39 is 0 Å². The fraction of sp³-hybridized carbons (Fsp3) is 0.500. The Hall–Kier alpha value is -1.62. The minimum Gasteiger partial charge on any atom is -0.492 e. The third kappa shape index (κ3) is 2.10. The lowest BCUT2D eigenvalue weighted by Gasteiger charge is -2.11. The summed E-state index contributed by atoms with van der Waals surface area (Å²) in [5.74, 6) is 0.886. The Morgan fingerprint density at radius 1 is 1.53 bits per heavy atom. The first-order valence-electron chi connectivity index (χ1n) is 5.98. The van der Waals surface area contributed by atoms with Crippen molar-refractivity contribution in [3.8, 4) is 5.75 Å². The van der Waals surface area contributed by atoms with Gasteiger partial charge in [-0.1, -0.05) is 5.21 Å². The molecule has 90 valence electrons. The van der Waals surface area contributed by atoms with Crippen LogP contribution in [0.2, 0.25) is 0 Å². The van der Waals surface area contributed by atoms with E-state index in [4.69, 9.17) is 4.74 Å². The lowest BCUT2D eigenvalue weighted by atomic mass is 10.2. The number of ether oxygens (including phenoxy) is 1. The number of aryl methyl sites for hydroxylation is 1. The van der Waals surface area contributed by atoms with E-state index in [0.29, 0.717) is 6.04 Å². The summed E-state index contributed by atoms with van der Waals surface area (Å²) >= 11 is 0. The summed E-state index contributed by atoms with van der Waals surface area (Å²) in [6, 6.07) is 6.38. The third-order valence-corrected chi connectivity index (χ3v) is 3.20. The predicted molar refractivity (Wildman–Crippen MR) is 65.0 cm³/mol. The van der Waals surface area contributed by atoms with Gasteiger partial charge in [0, 0.05) is 19.2 Å². The van der Waals surface area contributed by atoms with Crippen LogP contribution < -0.4 is 10.1 Å². The molecule has 0 aliphatic carbocycles. The van der Waals surface area contributed by atoms with Crippen LogP contribution in [-0.4, -0.2) is 34.2 Å². The Morgan fingerprint density at radius 2 is 2.47 bits per heavy atom. The van der Waals surface area contributed by atoms with Gasteiger partial charge in [0.15, 0.2) is 0 Å². The van der Waals surface area contributed by atoms with E-state index in [-0.39, 0.29) is 0 Å². The zero-order chi connectivity index (χ0) is 11.7. The SMILES string of the molecule is Cn1nnc2ccc(OCC3CCCN3)cc21. The molecular formula is C12H16N4O. The summed E-state index contributed by atoms with van der Waals surface area (Å²) in [7, 11) is 1.89. The summed E-state index contributed by atoms with van der Waals surface area (Å²) in [6.07, 6.45) is 2.45. The fourth-order valence-corrected chi connectivity index (χ4v) is 2.20. The molecule has 5 heteroatoms. The number of nitrogens with one attached hydrogen (secondary N) is 1. The molecule has 17 heavy (non-hydrogen) atoms. The molecule has 1 saturated heterocycles. The first-order valence-corrected chi connectivity index (χ1v) is 5.98. The highest BCUT2D eigenvalue weighted by atomic mass is 16.5. The minimum atomic E-state index is 0.496. The number of nitrogens with zero attached hydrogens (tertiary/aromatic N) is 3. The molecule has 1 N–H and O–H groups in total. The smallest absolute Gasteiger partial charge is 0.121 e. The molecule has 1 fully saturated rings. The lowest BCUT2D eigenvalue weighted by molar-refractivity contribution is 0.277. The number of rotatable bonds is 3. The zero-order valence-corrected chi connectivity index (χ0v) is 9.89. The van der Waals surface area contributed by atoms with E-state index in [9.17, 15) is 0 Å². The lowest BCUT2D eigenvalue weighted by Crippen LogP contribution is -2.28. The fourth-order valence-electron chi connectivity index (χ4n) is 2.20. The highest BCUT2D eigenvalue weighted by molar-refractivity contribution is 5.75. The summed E-state index contributed by atoms with van der Waals surface area (Å²) < 4.78 is 7.55. The first-order chi connectivity index (χ1) is 8.33. The van der Waals surface area contributed by atoms with E-state index in [1.165, 1.54) is 12.8 Å². The Balaban J connectivity index is 1.73. The molecular weight excluding hydrogens is 216 g/mol. The van der Waals surface area contributed by atoms with Crippen molar-refractivity contribution in [2.75, 3.05) is 13.2 Å². The minimum absolute atomic E-state index is 0.496. The molecule has 5 nitrogen and oxygen atoms in total. The molecule has 1 aliphatic heterocycles. The molecule has 1 aromatic heterocycles. The van der Waals surface area contributed by atoms with Crippen LogP contribution in [0.25, 0.3) is 11.0 Å². The molecule has 0 radical (unpaired) electrons. The van der Waals surface area contributed by atoms with Gasteiger partial charge in [-0.05, 0) is 31.5 Å². The molecule has 0 bridgehead atoms. The van der Waals surface area contributed by atoms with Gasteiger partial charge in [-0.3, -0.25) is 0 Å². The van der Waals surface area contributed by atoms with Gasteiger partial charge in [0.1, 0.15) is 17.9 Å². The Morgan fingerprint density at radius 3 is 3.29 bits per heavy atom. The number of hydrogen-bond donors (Lipinski definition) is 1. The van der Waals surface area contributed by atoms with Gasteiger partial charge in [-0.25, -0.2) is 4.68 Å². The van der Waals surface area contributed by atoms with Gasteiger partial charge in [0.05, 0.1) is 5.52 Å². The average Bonchev–Trinajstić information content (AvgIpc) is 2.97. The molecule has 0 amide bonds. The molecule has 3 rings (SSSR count). The summed E-state index contributed by atoms with van der Waals surface area (Å²) in [6.45, 7) is 1.84. The standard InChI is InChI=1S/C12H16N4O/c1-16-12-7-10(4-5-11(12)14-15-16)17-8-9-3-2-6-13-9/h4-5,7,9,13H,2-3,6,8H2,1H3. The number of hydrogen-bond acceptors (Lipinski definition) is 4. The van der Waals surface area contributed by atoms with Gasteiger partial charge < -0.3 is 10.1 Å². The van der Waals surface area contributed by atoms with Gasteiger partial charge in [0.2, 0.25) is 0 Å². The van der Waals surface area contributed by atoms with Crippen LogP contribution in [0.5, 0.6) is 5.75 Å². The normalized spacial score (nSPS) is 19.9. The maximum atomic E-state index is 5.79. The molecule has 1 atom stereocenters. The topological polar surface area (TPSA) is 52.0 Å². The van der Waals surface area contributed by atoms with Crippen molar-refractivity contribution in [1.29, 1.82) is 0 Å². The second kappa shape index (κ2) is 4.33. The summed E-state index contributed by atoms with van der Waals surface area (Å²) in [5.41, 5.74) is 1.90.